The van der Waals surface area contributed by atoms with Crippen LogP contribution in [0.5, 0.6) is 0 Å². The van der Waals surface area contributed by atoms with Crippen LogP contribution in [0.1, 0.15) is 6.92 Å². The number of nitrogens with one attached hydrogen (secondary N) is 2. The molecule has 1 aromatic rings. The zero-order valence-corrected chi connectivity index (χ0v) is 8.41. The number of rotatable bonds is 4. The van der Waals surface area contributed by atoms with Crippen molar-refractivity contribution in [3.05, 3.63) is 11.2 Å². The van der Waals surface area contributed by atoms with E-state index in [0.29, 0.717) is 17.4 Å². The summed E-state index contributed by atoms with van der Waals surface area (Å²) in [6, 6.07) is 0. The van der Waals surface area contributed by atoms with Crippen molar-refractivity contribution in [1.82, 2.24) is 9.97 Å². The van der Waals surface area contributed by atoms with E-state index in [1.165, 1.54) is 6.20 Å². The topological polar surface area (TPSA) is 96.1 Å². The molecule has 0 radical (unpaired) electrons. The van der Waals surface area contributed by atoms with Gasteiger partial charge in [-0.3, -0.25) is 5.43 Å². The molecule has 1 atom stereocenters. The lowest BCUT2D eigenvalue weighted by molar-refractivity contribution is 0.208. The van der Waals surface area contributed by atoms with E-state index in [-0.39, 0.29) is 5.95 Å². The molecular formula is C7H12ClN5O. The maximum atomic E-state index is 9.04. The van der Waals surface area contributed by atoms with Crippen molar-refractivity contribution in [2.75, 3.05) is 17.3 Å². The molecule has 1 aromatic heterocycles. The van der Waals surface area contributed by atoms with Crippen molar-refractivity contribution < 1.29 is 5.11 Å². The van der Waals surface area contributed by atoms with E-state index in [2.05, 4.69) is 20.7 Å². The van der Waals surface area contributed by atoms with Gasteiger partial charge in [-0.25, -0.2) is 10.8 Å². The predicted molar refractivity (Wildman–Crippen MR) is 55.0 cm³/mol. The first kappa shape index (κ1) is 11.0. The molecule has 6 nitrogen and oxygen atoms in total. The molecule has 0 amide bonds. The van der Waals surface area contributed by atoms with Gasteiger partial charge in [0, 0.05) is 6.54 Å². The Kier molecular flexibility index (Phi) is 3.87. The summed E-state index contributed by atoms with van der Waals surface area (Å²) in [5.74, 6) is 5.84. The van der Waals surface area contributed by atoms with E-state index >= 15 is 0 Å². The molecule has 0 aliphatic heterocycles. The molecule has 1 heterocycles. The van der Waals surface area contributed by atoms with Crippen molar-refractivity contribution >= 4 is 23.4 Å². The number of nitrogen functional groups attached to an aromatic ring is 1. The summed E-state index contributed by atoms with van der Waals surface area (Å²) in [7, 11) is 0. The molecule has 1 rings (SSSR count). The number of nitrogens with two attached hydrogens (primary N) is 1. The summed E-state index contributed by atoms with van der Waals surface area (Å²) >= 11 is 5.80. The quantitative estimate of drug-likeness (QED) is 0.425. The van der Waals surface area contributed by atoms with Crippen LogP contribution in [0, 0.1) is 0 Å². The first-order valence-corrected chi connectivity index (χ1v) is 4.42. The van der Waals surface area contributed by atoms with Crippen LogP contribution in [-0.2, 0) is 0 Å². The van der Waals surface area contributed by atoms with Gasteiger partial charge in [-0.1, -0.05) is 11.6 Å². The average Bonchev–Trinajstić information content (AvgIpc) is 2.16. The molecule has 78 valence electrons. The van der Waals surface area contributed by atoms with Gasteiger partial charge in [-0.05, 0) is 6.92 Å². The molecule has 1 unspecified atom stereocenters. The van der Waals surface area contributed by atoms with Crippen LogP contribution in [0.3, 0.4) is 0 Å². The highest BCUT2D eigenvalue weighted by Crippen LogP contribution is 2.18. The Morgan fingerprint density at radius 1 is 1.71 bits per heavy atom. The van der Waals surface area contributed by atoms with Gasteiger partial charge in [0.15, 0.2) is 5.82 Å². The molecule has 0 saturated heterocycles. The lowest BCUT2D eigenvalue weighted by atomic mass is 10.4. The maximum absolute atomic E-state index is 9.04. The molecule has 0 aliphatic carbocycles. The van der Waals surface area contributed by atoms with Gasteiger partial charge in [0.05, 0.1) is 12.3 Å². The smallest absolute Gasteiger partial charge is 0.239 e. The Labute approximate surface area is 86.5 Å². The highest BCUT2D eigenvalue weighted by Gasteiger charge is 2.04. The first-order valence-electron chi connectivity index (χ1n) is 4.04. The third-order valence-corrected chi connectivity index (χ3v) is 1.71. The van der Waals surface area contributed by atoms with Gasteiger partial charge >= 0.3 is 0 Å². The van der Waals surface area contributed by atoms with Crippen molar-refractivity contribution in [1.29, 1.82) is 0 Å². The van der Waals surface area contributed by atoms with E-state index in [1.807, 2.05) is 0 Å². The van der Waals surface area contributed by atoms with E-state index in [0.717, 1.165) is 0 Å². The molecule has 0 saturated carbocycles. The molecule has 0 aromatic carbocycles. The van der Waals surface area contributed by atoms with Crippen LogP contribution in [0.15, 0.2) is 6.20 Å². The number of aliphatic hydroxyl groups excluding tert-OH is 1. The average molecular weight is 218 g/mol. The normalized spacial score (nSPS) is 12.3. The molecule has 0 fully saturated rings. The number of anilines is 2. The molecular weight excluding hydrogens is 206 g/mol. The van der Waals surface area contributed by atoms with Crippen LogP contribution in [0.25, 0.3) is 0 Å². The minimum absolute atomic E-state index is 0.266. The molecule has 0 aliphatic rings. The highest BCUT2D eigenvalue weighted by molar-refractivity contribution is 6.32. The number of aromatic nitrogens is 2. The maximum Gasteiger partial charge on any atom is 0.239 e. The van der Waals surface area contributed by atoms with Crippen molar-refractivity contribution in [3.8, 4) is 0 Å². The number of aliphatic hydroxyl groups is 1. The lowest BCUT2D eigenvalue weighted by Crippen LogP contribution is -2.17. The second-order valence-electron chi connectivity index (χ2n) is 2.76. The standard InChI is InChI=1S/C7H12ClN5O/c1-4(14)2-10-6-5(8)3-11-7(12-6)13-9/h3-4,14H,2,9H2,1H3,(H2,10,11,12,13). The fourth-order valence-electron chi connectivity index (χ4n) is 0.805. The predicted octanol–water partition coefficient (Wildman–Crippen LogP) is 0.208. The zero-order valence-electron chi connectivity index (χ0n) is 7.66. The van der Waals surface area contributed by atoms with E-state index in [9.17, 15) is 0 Å². The minimum Gasteiger partial charge on any atom is -0.392 e. The van der Waals surface area contributed by atoms with Crippen LogP contribution in [0.4, 0.5) is 11.8 Å². The van der Waals surface area contributed by atoms with Crippen molar-refractivity contribution in [3.63, 3.8) is 0 Å². The molecule has 7 heteroatoms. The molecule has 5 N–H and O–H groups in total. The third-order valence-electron chi connectivity index (χ3n) is 1.44. The van der Waals surface area contributed by atoms with Crippen LogP contribution in [-0.4, -0.2) is 27.7 Å². The second-order valence-corrected chi connectivity index (χ2v) is 3.17. The Morgan fingerprint density at radius 2 is 2.43 bits per heavy atom. The van der Waals surface area contributed by atoms with E-state index in [1.54, 1.807) is 6.92 Å². The summed E-state index contributed by atoms with van der Waals surface area (Å²) in [5, 5.41) is 12.3. The highest BCUT2D eigenvalue weighted by atomic mass is 35.5. The second kappa shape index (κ2) is 4.94. The minimum atomic E-state index is -0.477. The molecule has 14 heavy (non-hydrogen) atoms. The number of halogens is 1. The van der Waals surface area contributed by atoms with Gasteiger partial charge < -0.3 is 10.4 Å². The zero-order chi connectivity index (χ0) is 10.6. The van der Waals surface area contributed by atoms with Gasteiger partial charge in [-0.15, -0.1) is 0 Å². The van der Waals surface area contributed by atoms with E-state index < -0.39 is 6.10 Å². The number of nitrogens with zero attached hydrogens (tertiary/aromatic N) is 2. The van der Waals surface area contributed by atoms with Crippen molar-refractivity contribution in [2.45, 2.75) is 13.0 Å². The van der Waals surface area contributed by atoms with Crippen LogP contribution >= 0.6 is 11.6 Å². The Morgan fingerprint density at radius 3 is 3.00 bits per heavy atom. The fourth-order valence-corrected chi connectivity index (χ4v) is 0.963. The summed E-state index contributed by atoms with van der Waals surface area (Å²) in [4.78, 5) is 7.76. The Bertz CT molecular complexity index is 306. The lowest BCUT2D eigenvalue weighted by Gasteiger charge is -2.09. The summed E-state index contributed by atoms with van der Waals surface area (Å²) in [5.41, 5.74) is 2.30. The number of hydrazine groups is 1. The number of hydrogen-bond donors (Lipinski definition) is 4. The SMILES string of the molecule is CC(O)CNc1nc(NN)ncc1Cl. The third kappa shape index (κ3) is 2.99. The van der Waals surface area contributed by atoms with Gasteiger partial charge in [0.2, 0.25) is 5.95 Å². The monoisotopic (exact) mass is 217 g/mol. The Hall–Kier alpha value is -1.11. The largest absolute Gasteiger partial charge is 0.392 e. The van der Waals surface area contributed by atoms with E-state index in [4.69, 9.17) is 22.6 Å². The van der Waals surface area contributed by atoms with Crippen LogP contribution < -0.4 is 16.6 Å². The van der Waals surface area contributed by atoms with Crippen LogP contribution in [0.2, 0.25) is 5.02 Å². The number of hydrogen-bond acceptors (Lipinski definition) is 6. The van der Waals surface area contributed by atoms with Crippen molar-refractivity contribution in [2.24, 2.45) is 5.84 Å². The fraction of sp³-hybridized carbons (Fsp3) is 0.429. The van der Waals surface area contributed by atoms with Gasteiger partial charge in [-0.2, -0.15) is 4.98 Å². The summed E-state index contributed by atoms with van der Waals surface area (Å²) in [6.07, 6.45) is 0.948. The first-order chi connectivity index (χ1) is 6.63. The molecule has 0 spiro atoms. The van der Waals surface area contributed by atoms with Gasteiger partial charge in [0.1, 0.15) is 5.02 Å². The summed E-state index contributed by atoms with van der Waals surface area (Å²) < 4.78 is 0. The van der Waals surface area contributed by atoms with Gasteiger partial charge in [0.25, 0.3) is 0 Å². The Balaban J connectivity index is 2.73. The molecule has 0 bridgehead atoms. The summed E-state index contributed by atoms with van der Waals surface area (Å²) in [6.45, 7) is 2.02.